The number of amides is 2. The SMILES string of the molecule is CCCCC/C=C\C/C=C\CCCCCCCCNC(=O)[C@@H]1C[C@H](N)CN1C(=O)CCCCCCC/C=C\C/C=C\CCCCC. The number of carbonyl (C=O) groups excluding carboxylic acids is 2. The molecule has 0 aromatic heterocycles. The fourth-order valence-electron chi connectivity index (χ4n) is 6.07. The summed E-state index contributed by atoms with van der Waals surface area (Å²) in [6.45, 7) is 5.68. The molecule has 0 saturated carbocycles. The minimum Gasteiger partial charge on any atom is -0.354 e. The van der Waals surface area contributed by atoms with Gasteiger partial charge in [0.1, 0.15) is 6.04 Å². The van der Waals surface area contributed by atoms with Crippen LogP contribution in [0, 0.1) is 0 Å². The van der Waals surface area contributed by atoms with Crippen LogP contribution in [-0.2, 0) is 9.59 Å². The Balaban J connectivity index is 2.04. The molecular weight excluding hydrogens is 566 g/mol. The summed E-state index contributed by atoms with van der Waals surface area (Å²) in [5, 5.41) is 3.09. The number of carbonyl (C=O) groups is 2. The van der Waals surface area contributed by atoms with E-state index in [-0.39, 0.29) is 17.9 Å². The summed E-state index contributed by atoms with van der Waals surface area (Å²) in [5.41, 5.74) is 6.18. The number of hydrogen-bond donors (Lipinski definition) is 2. The zero-order valence-corrected chi connectivity index (χ0v) is 30.2. The van der Waals surface area contributed by atoms with Gasteiger partial charge in [-0.3, -0.25) is 9.59 Å². The van der Waals surface area contributed by atoms with Crippen molar-refractivity contribution in [2.45, 2.75) is 186 Å². The zero-order chi connectivity index (χ0) is 33.3. The lowest BCUT2D eigenvalue weighted by molar-refractivity contribution is -0.138. The van der Waals surface area contributed by atoms with Crippen molar-refractivity contribution in [3.05, 3.63) is 48.6 Å². The summed E-state index contributed by atoms with van der Waals surface area (Å²) in [4.78, 5) is 27.6. The Morgan fingerprint density at radius 1 is 0.609 bits per heavy atom. The summed E-state index contributed by atoms with van der Waals surface area (Å²) in [6.07, 6.45) is 46.9. The molecule has 0 spiro atoms. The van der Waals surface area contributed by atoms with Crippen molar-refractivity contribution in [3.8, 4) is 0 Å². The van der Waals surface area contributed by atoms with Gasteiger partial charge < -0.3 is 16.0 Å². The van der Waals surface area contributed by atoms with Crippen LogP contribution in [0.4, 0.5) is 0 Å². The van der Waals surface area contributed by atoms with Crippen LogP contribution in [0.15, 0.2) is 48.6 Å². The Morgan fingerprint density at radius 2 is 1.04 bits per heavy atom. The first kappa shape index (κ1) is 41.9. The summed E-state index contributed by atoms with van der Waals surface area (Å²) >= 11 is 0. The standard InChI is InChI=1S/C41H73N3O2/c1-3-5-7-9-11-13-15-17-19-21-23-25-27-29-31-33-35-43-41(46)39-36-38(42)37-44(39)40(45)34-32-30-28-26-24-22-20-18-16-14-12-10-8-6-4-2/h11-14,17-20,38-39H,3-10,15-16,21-37,42H2,1-2H3,(H,43,46)/b13-11-,14-12-,19-17-,20-18-/t38-,39-/m0/s1. The Hall–Kier alpha value is -2.14. The monoisotopic (exact) mass is 640 g/mol. The highest BCUT2D eigenvalue weighted by molar-refractivity contribution is 5.88. The van der Waals surface area contributed by atoms with Gasteiger partial charge in [-0.1, -0.05) is 133 Å². The van der Waals surface area contributed by atoms with Crippen LogP contribution in [0.1, 0.15) is 174 Å². The normalized spacial score (nSPS) is 17.1. The highest BCUT2D eigenvalue weighted by atomic mass is 16.2. The first-order valence-electron chi connectivity index (χ1n) is 19.5. The molecule has 0 aromatic carbocycles. The predicted octanol–water partition coefficient (Wildman–Crippen LogP) is 10.7. The maximum absolute atomic E-state index is 12.9. The first-order chi connectivity index (χ1) is 22.6. The fourth-order valence-corrected chi connectivity index (χ4v) is 6.07. The van der Waals surface area contributed by atoms with Crippen molar-refractivity contribution in [1.82, 2.24) is 10.2 Å². The number of nitrogens with two attached hydrogens (primary N) is 1. The second kappa shape index (κ2) is 31.5. The molecule has 2 amide bonds. The van der Waals surface area contributed by atoms with Crippen LogP contribution in [-0.4, -0.2) is 41.9 Å². The summed E-state index contributed by atoms with van der Waals surface area (Å²) in [6, 6.07) is -0.503. The highest BCUT2D eigenvalue weighted by Gasteiger charge is 2.37. The lowest BCUT2D eigenvalue weighted by Crippen LogP contribution is -2.46. The predicted molar refractivity (Wildman–Crippen MR) is 200 cm³/mol. The number of likely N-dealkylation sites (tertiary alicyclic amines) is 1. The second-order valence-electron chi connectivity index (χ2n) is 13.4. The van der Waals surface area contributed by atoms with E-state index >= 15 is 0 Å². The molecule has 1 aliphatic heterocycles. The third kappa shape index (κ3) is 24.1. The highest BCUT2D eigenvalue weighted by Crippen LogP contribution is 2.20. The van der Waals surface area contributed by atoms with Crippen LogP contribution >= 0.6 is 0 Å². The Kier molecular flexibility index (Phi) is 28.6. The third-order valence-corrected chi connectivity index (χ3v) is 8.97. The molecule has 1 heterocycles. The minimum atomic E-state index is -0.398. The lowest BCUT2D eigenvalue weighted by atomic mass is 10.1. The van der Waals surface area contributed by atoms with Gasteiger partial charge in [0.2, 0.25) is 11.8 Å². The number of nitrogens with zero attached hydrogens (tertiary/aromatic N) is 1. The summed E-state index contributed by atoms with van der Waals surface area (Å²) in [7, 11) is 0. The van der Waals surface area contributed by atoms with E-state index in [0.717, 1.165) is 51.4 Å². The first-order valence-corrected chi connectivity index (χ1v) is 19.5. The average molecular weight is 640 g/mol. The van der Waals surface area contributed by atoms with Gasteiger partial charge in [-0.2, -0.15) is 0 Å². The molecule has 264 valence electrons. The molecule has 0 aromatic rings. The van der Waals surface area contributed by atoms with Crippen molar-refractivity contribution in [2.75, 3.05) is 13.1 Å². The zero-order valence-electron chi connectivity index (χ0n) is 30.2. The van der Waals surface area contributed by atoms with Crippen molar-refractivity contribution in [2.24, 2.45) is 5.73 Å². The van der Waals surface area contributed by atoms with E-state index in [9.17, 15) is 9.59 Å². The molecule has 1 saturated heterocycles. The van der Waals surface area contributed by atoms with E-state index < -0.39 is 6.04 Å². The van der Waals surface area contributed by atoms with Gasteiger partial charge in [0.15, 0.2) is 0 Å². The number of rotatable bonds is 30. The number of hydrogen-bond acceptors (Lipinski definition) is 3. The Bertz CT molecular complexity index is 847. The van der Waals surface area contributed by atoms with Crippen LogP contribution in [0.5, 0.6) is 0 Å². The van der Waals surface area contributed by atoms with E-state index in [1.54, 1.807) is 4.90 Å². The van der Waals surface area contributed by atoms with E-state index in [4.69, 9.17) is 5.73 Å². The van der Waals surface area contributed by atoms with Crippen molar-refractivity contribution < 1.29 is 9.59 Å². The van der Waals surface area contributed by atoms with Gasteiger partial charge in [0.25, 0.3) is 0 Å². The molecule has 0 aliphatic carbocycles. The molecule has 1 aliphatic rings. The lowest BCUT2D eigenvalue weighted by Gasteiger charge is -2.24. The van der Waals surface area contributed by atoms with Crippen molar-refractivity contribution >= 4 is 11.8 Å². The Morgan fingerprint density at radius 3 is 1.54 bits per heavy atom. The smallest absolute Gasteiger partial charge is 0.242 e. The quantitative estimate of drug-likeness (QED) is 0.0606. The summed E-state index contributed by atoms with van der Waals surface area (Å²) in [5.74, 6) is 0.0661. The average Bonchev–Trinajstić information content (AvgIpc) is 3.46. The molecular formula is C41H73N3O2. The summed E-state index contributed by atoms with van der Waals surface area (Å²) < 4.78 is 0. The number of unbranched alkanes of at least 4 members (excludes halogenated alkanes) is 17. The number of allylic oxidation sites excluding steroid dienone is 8. The van der Waals surface area contributed by atoms with Gasteiger partial charge in [0, 0.05) is 25.6 Å². The van der Waals surface area contributed by atoms with E-state index in [1.165, 1.54) is 96.3 Å². The number of nitrogens with one attached hydrogen (secondary N) is 1. The van der Waals surface area contributed by atoms with Crippen molar-refractivity contribution in [3.63, 3.8) is 0 Å². The molecule has 3 N–H and O–H groups in total. The maximum atomic E-state index is 12.9. The molecule has 46 heavy (non-hydrogen) atoms. The van der Waals surface area contributed by atoms with Gasteiger partial charge in [-0.15, -0.1) is 0 Å². The van der Waals surface area contributed by atoms with E-state index in [2.05, 4.69) is 67.8 Å². The Labute approximate surface area is 285 Å². The van der Waals surface area contributed by atoms with Gasteiger partial charge in [-0.25, -0.2) is 0 Å². The molecule has 0 bridgehead atoms. The third-order valence-electron chi connectivity index (χ3n) is 8.97. The molecule has 1 rings (SSSR count). The van der Waals surface area contributed by atoms with Crippen LogP contribution in [0.25, 0.3) is 0 Å². The maximum Gasteiger partial charge on any atom is 0.242 e. The van der Waals surface area contributed by atoms with Crippen LogP contribution < -0.4 is 11.1 Å². The molecule has 2 atom stereocenters. The van der Waals surface area contributed by atoms with Gasteiger partial charge in [0.05, 0.1) is 0 Å². The second-order valence-corrected chi connectivity index (χ2v) is 13.4. The van der Waals surface area contributed by atoms with Crippen molar-refractivity contribution in [1.29, 1.82) is 0 Å². The molecule has 1 fully saturated rings. The van der Waals surface area contributed by atoms with Gasteiger partial charge in [-0.05, 0) is 83.5 Å². The topological polar surface area (TPSA) is 75.4 Å². The largest absolute Gasteiger partial charge is 0.354 e. The fraction of sp³-hybridized carbons (Fsp3) is 0.756. The molecule has 5 nitrogen and oxygen atoms in total. The molecule has 0 radical (unpaired) electrons. The molecule has 5 heteroatoms. The minimum absolute atomic E-state index is 0.0241. The van der Waals surface area contributed by atoms with Crippen LogP contribution in [0.2, 0.25) is 0 Å². The van der Waals surface area contributed by atoms with Gasteiger partial charge >= 0.3 is 0 Å². The van der Waals surface area contributed by atoms with E-state index in [0.29, 0.717) is 25.9 Å². The van der Waals surface area contributed by atoms with Crippen LogP contribution in [0.3, 0.4) is 0 Å². The van der Waals surface area contributed by atoms with E-state index in [1.807, 2.05) is 0 Å². The molecule has 0 unspecified atom stereocenters.